The van der Waals surface area contributed by atoms with Crippen molar-refractivity contribution in [1.29, 1.82) is 0 Å². The molecular weight excluding hydrogens is 314 g/mol. The van der Waals surface area contributed by atoms with Crippen LogP contribution >= 0.6 is 0 Å². The molecule has 2 aromatic rings. The van der Waals surface area contributed by atoms with Gasteiger partial charge in [-0.05, 0) is 57.1 Å². The van der Waals surface area contributed by atoms with Gasteiger partial charge in [0.05, 0.1) is 0 Å². The van der Waals surface area contributed by atoms with Gasteiger partial charge in [-0.2, -0.15) is 0 Å². The highest BCUT2D eigenvalue weighted by Gasteiger charge is 2.18. The number of benzene rings is 1. The molecular formula is C20H25N3O2. The molecule has 0 bridgehead atoms. The van der Waals surface area contributed by atoms with Crippen LogP contribution in [-0.2, 0) is 6.61 Å². The summed E-state index contributed by atoms with van der Waals surface area (Å²) < 4.78 is 5.76. The van der Waals surface area contributed by atoms with Crippen LogP contribution in [-0.4, -0.2) is 41.5 Å². The first kappa shape index (κ1) is 17.4. The quantitative estimate of drug-likeness (QED) is 0.843. The van der Waals surface area contributed by atoms with Gasteiger partial charge in [0, 0.05) is 36.1 Å². The highest BCUT2D eigenvalue weighted by atomic mass is 16.5. The zero-order valence-electron chi connectivity index (χ0n) is 14.6. The molecule has 1 aromatic carbocycles. The molecule has 1 atom stereocenters. The number of hydrogen-bond acceptors (Lipinski definition) is 4. The fraction of sp³-hybridized carbons (Fsp3) is 0.400. The van der Waals surface area contributed by atoms with E-state index >= 15 is 0 Å². The third kappa shape index (κ3) is 5.03. The van der Waals surface area contributed by atoms with Crippen molar-refractivity contribution in [2.24, 2.45) is 0 Å². The molecule has 1 fully saturated rings. The second kappa shape index (κ2) is 8.62. The van der Waals surface area contributed by atoms with E-state index in [-0.39, 0.29) is 5.91 Å². The number of hydrogen-bond donors (Lipinski definition) is 1. The van der Waals surface area contributed by atoms with Gasteiger partial charge in [0.15, 0.2) is 0 Å². The van der Waals surface area contributed by atoms with E-state index in [1.165, 1.54) is 12.8 Å². The number of aromatic nitrogens is 1. The van der Waals surface area contributed by atoms with E-state index in [9.17, 15) is 4.79 Å². The number of ether oxygens (including phenoxy) is 1. The predicted octanol–water partition coefficient (Wildman–Crippen LogP) is 2.87. The molecule has 2 heterocycles. The Kier molecular flexibility index (Phi) is 6.01. The van der Waals surface area contributed by atoms with E-state index in [0.717, 1.165) is 18.7 Å². The summed E-state index contributed by atoms with van der Waals surface area (Å²) in [5.74, 6) is 0.627. The predicted molar refractivity (Wildman–Crippen MR) is 97.6 cm³/mol. The average Bonchev–Trinajstić information content (AvgIpc) is 3.20. The fourth-order valence-electron chi connectivity index (χ4n) is 3.03. The van der Waals surface area contributed by atoms with Crippen molar-refractivity contribution in [2.75, 3.05) is 19.6 Å². The van der Waals surface area contributed by atoms with Crippen molar-refractivity contribution in [3.05, 3.63) is 59.9 Å². The zero-order chi connectivity index (χ0) is 17.5. The van der Waals surface area contributed by atoms with Crippen molar-refractivity contribution in [2.45, 2.75) is 32.4 Å². The van der Waals surface area contributed by atoms with E-state index in [1.807, 2.05) is 30.3 Å². The third-order valence-electron chi connectivity index (χ3n) is 4.55. The van der Waals surface area contributed by atoms with Gasteiger partial charge in [-0.25, -0.2) is 0 Å². The third-order valence-corrected chi connectivity index (χ3v) is 4.55. The summed E-state index contributed by atoms with van der Waals surface area (Å²) >= 11 is 0. The largest absolute Gasteiger partial charge is 0.489 e. The Bertz CT molecular complexity index is 684. The molecule has 5 nitrogen and oxygen atoms in total. The highest BCUT2D eigenvalue weighted by Crippen LogP contribution is 2.15. The zero-order valence-corrected chi connectivity index (χ0v) is 14.6. The van der Waals surface area contributed by atoms with Crippen LogP contribution in [0.2, 0.25) is 0 Å². The fourth-order valence-corrected chi connectivity index (χ4v) is 3.03. The lowest BCUT2D eigenvalue weighted by Crippen LogP contribution is -2.40. The Labute approximate surface area is 149 Å². The Morgan fingerprint density at radius 2 is 2.12 bits per heavy atom. The molecule has 1 aromatic heterocycles. The van der Waals surface area contributed by atoms with Crippen molar-refractivity contribution in [3.8, 4) is 5.75 Å². The maximum absolute atomic E-state index is 12.4. The first-order chi connectivity index (χ1) is 12.2. The van der Waals surface area contributed by atoms with E-state index in [1.54, 1.807) is 18.5 Å². The number of likely N-dealkylation sites (tertiary alicyclic amines) is 1. The Morgan fingerprint density at radius 1 is 1.28 bits per heavy atom. The lowest BCUT2D eigenvalue weighted by Gasteiger charge is -2.23. The number of nitrogens with zero attached hydrogens (tertiary/aromatic N) is 2. The minimum Gasteiger partial charge on any atom is -0.489 e. The molecule has 1 N–H and O–H groups in total. The van der Waals surface area contributed by atoms with E-state index in [4.69, 9.17) is 4.74 Å². The van der Waals surface area contributed by atoms with Gasteiger partial charge >= 0.3 is 0 Å². The Balaban J connectivity index is 1.52. The van der Waals surface area contributed by atoms with Crippen LogP contribution in [0.25, 0.3) is 0 Å². The number of rotatable bonds is 7. The summed E-state index contributed by atoms with van der Waals surface area (Å²) in [7, 11) is 0. The van der Waals surface area contributed by atoms with Gasteiger partial charge in [0.1, 0.15) is 12.4 Å². The molecule has 25 heavy (non-hydrogen) atoms. The van der Waals surface area contributed by atoms with Crippen LogP contribution in [0.4, 0.5) is 0 Å². The smallest absolute Gasteiger partial charge is 0.251 e. The number of nitrogens with one attached hydrogen (secondary N) is 1. The first-order valence-electron chi connectivity index (χ1n) is 8.86. The van der Waals surface area contributed by atoms with Gasteiger partial charge < -0.3 is 10.1 Å². The highest BCUT2D eigenvalue weighted by molar-refractivity contribution is 5.94. The second-order valence-electron chi connectivity index (χ2n) is 6.48. The van der Waals surface area contributed by atoms with Crippen LogP contribution < -0.4 is 10.1 Å². The molecule has 0 aliphatic carbocycles. The topological polar surface area (TPSA) is 54.5 Å². The lowest BCUT2D eigenvalue weighted by atomic mass is 10.2. The first-order valence-corrected chi connectivity index (χ1v) is 8.86. The number of pyridine rings is 1. The maximum atomic E-state index is 12.4. The SMILES string of the molecule is C[C@@H](CNC(=O)c1cccc(OCc2cccnc2)c1)N1CCCC1. The molecule has 3 rings (SSSR count). The van der Waals surface area contributed by atoms with Crippen molar-refractivity contribution < 1.29 is 9.53 Å². The van der Waals surface area contributed by atoms with Crippen LogP contribution in [0.3, 0.4) is 0 Å². The Morgan fingerprint density at radius 3 is 2.88 bits per heavy atom. The molecule has 1 aliphatic heterocycles. The summed E-state index contributed by atoms with van der Waals surface area (Å²) in [5.41, 5.74) is 1.62. The lowest BCUT2D eigenvalue weighted by molar-refractivity contribution is 0.0940. The van der Waals surface area contributed by atoms with Crippen LogP contribution in [0.15, 0.2) is 48.8 Å². The second-order valence-corrected chi connectivity index (χ2v) is 6.48. The van der Waals surface area contributed by atoms with Crippen LogP contribution in [0.1, 0.15) is 35.7 Å². The van der Waals surface area contributed by atoms with Crippen LogP contribution in [0.5, 0.6) is 5.75 Å². The van der Waals surface area contributed by atoms with Gasteiger partial charge in [-0.1, -0.05) is 12.1 Å². The van der Waals surface area contributed by atoms with E-state index in [0.29, 0.717) is 30.5 Å². The minimum atomic E-state index is -0.0575. The summed E-state index contributed by atoms with van der Waals surface area (Å²) in [4.78, 5) is 18.9. The molecule has 5 heteroatoms. The molecule has 1 amide bonds. The number of carbonyl (C=O) groups excluding carboxylic acids is 1. The molecule has 0 saturated carbocycles. The van der Waals surface area contributed by atoms with Crippen molar-refractivity contribution in [1.82, 2.24) is 15.2 Å². The normalized spacial score (nSPS) is 15.7. The molecule has 0 spiro atoms. The van der Waals surface area contributed by atoms with Crippen molar-refractivity contribution >= 4 is 5.91 Å². The van der Waals surface area contributed by atoms with Gasteiger partial charge in [0.2, 0.25) is 0 Å². The summed E-state index contributed by atoms with van der Waals surface area (Å²) in [5, 5.41) is 3.03. The van der Waals surface area contributed by atoms with Gasteiger partial charge in [-0.3, -0.25) is 14.7 Å². The van der Waals surface area contributed by atoms with Gasteiger partial charge in [0.25, 0.3) is 5.91 Å². The standard InChI is InChI=1S/C20H25N3O2/c1-16(23-10-2-3-11-23)13-22-20(24)18-7-4-8-19(12-18)25-15-17-6-5-9-21-14-17/h4-9,12,14,16H,2-3,10-11,13,15H2,1H3,(H,22,24)/t16-/m0/s1. The summed E-state index contributed by atoms with van der Waals surface area (Å²) in [6.07, 6.45) is 6.02. The number of amides is 1. The molecule has 1 aliphatic rings. The summed E-state index contributed by atoms with van der Waals surface area (Å²) in [6.45, 7) is 5.53. The minimum absolute atomic E-state index is 0.0575. The van der Waals surface area contributed by atoms with E-state index < -0.39 is 0 Å². The molecule has 132 valence electrons. The maximum Gasteiger partial charge on any atom is 0.251 e. The Hall–Kier alpha value is -2.40. The molecule has 1 saturated heterocycles. The molecule has 0 radical (unpaired) electrons. The van der Waals surface area contributed by atoms with Gasteiger partial charge in [-0.15, -0.1) is 0 Å². The van der Waals surface area contributed by atoms with E-state index in [2.05, 4.69) is 22.1 Å². The molecule has 0 unspecified atom stereocenters. The average molecular weight is 339 g/mol. The monoisotopic (exact) mass is 339 g/mol. The van der Waals surface area contributed by atoms with Crippen molar-refractivity contribution in [3.63, 3.8) is 0 Å². The summed E-state index contributed by atoms with van der Waals surface area (Å²) in [6, 6.07) is 11.5. The number of carbonyl (C=O) groups is 1. The van der Waals surface area contributed by atoms with Crippen LogP contribution in [0, 0.1) is 0 Å².